The highest BCUT2D eigenvalue weighted by molar-refractivity contribution is 6.01. The highest BCUT2D eigenvalue weighted by Gasteiger charge is 2.48. The zero-order valence-corrected chi connectivity index (χ0v) is 19.3. The predicted octanol–water partition coefficient (Wildman–Crippen LogP) is 5.36. The van der Waals surface area contributed by atoms with E-state index in [0.29, 0.717) is 24.3 Å². The van der Waals surface area contributed by atoms with Crippen LogP contribution in [0.4, 0.5) is 10.1 Å². The summed E-state index contributed by atoms with van der Waals surface area (Å²) in [5, 5.41) is 3.02. The minimum Gasteiger partial charge on any atom is -0.497 e. The van der Waals surface area contributed by atoms with Gasteiger partial charge in [-0.3, -0.25) is 9.59 Å². The summed E-state index contributed by atoms with van der Waals surface area (Å²) in [5.41, 5.74) is 1.35. The minimum absolute atomic E-state index is 0.123. The molecule has 1 saturated carbocycles. The van der Waals surface area contributed by atoms with Gasteiger partial charge in [0.1, 0.15) is 17.1 Å². The maximum absolute atomic E-state index is 13.7. The van der Waals surface area contributed by atoms with Gasteiger partial charge in [-0.15, -0.1) is 0 Å². The van der Waals surface area contributed by atoms with Crippen molar-refractivity contribution in [1.29, 1.82) is 0 Å². The van der Waals surface area contributed by atoms with Gasteiger partial charge in [0.25, 0.3) is 0 Å². The van der Waals surface area contributed by atoms with E-state index in [2.05, 4.69) is 5.32 Å². The van der Waals surface area contributed by atoms with Gasteiger partial charge in [0.05, 0.1) is 13.5 Å². The third-order valence-electron chi connectivity index (χ3n) is 6.47. The highest BCUT2D eigenvalue weighted by Crippen LogP contribution is 2.38. The molecule has 34 heavy (non-hydrogen) atoms. The molecule has 5 nitrogen and oxygen atoms in total. The van der Waals surface area contributed by atoms with Gasteiger partial charge >= 0.3 is 0 Å². The number of ether oxygens (including phenoxy) is 1. The van der Waals surface area contributed by atoms with Crippen LogP contribution in [0.2, 0.25) is 0 Å². The lowest BCUT2D eigenvalue weighted by Gasteiger charge is -2.40. The van der Waals surface area contributed by atoms with Crippen LogP contribution in [0.15, 0.2) is 78.9 Å². The lowest BCUT2D eigenvalue weighted by atomic mass is 9.91. The van der Waals surface area contributed by atoms with E-state index in [0.717, 1.165) is 24.0 Å². The van der Waals surface area contributed by atoms with Crippen LogP contribution in [-0.2, 0) is 22.6 Å². The van der Waals surface area contributed by atoms with E-state index in [1.54, 1.807) is 48.4 Å². The molecule has 4 rings (SSSR count). The smallest absolute Gasteiger partial charge is 0.250 e. The summed E-state index contributed by atoms with van der Waals surface area (Å²) >= 11 is 0. The number of benzene rings is 3. The third-order valence-corrected chi connectivity index (χ3v) is 6.47. The van der Waals surface area contributed by atoms with E-state index in [1.165, 1.54) is 12.1 Å². The van der Waals surface area contributed by atoms with Crippen molar-refractivity contribution in [2.24, 2.45) is 0 Å². The summed E-state index contributed by atoms with van der Waals surface area (Å²) in [6, 6.07) is 22.8. The van der Waals surface area contributed by atoms with Gasteiger partial charge in [0.2, 0.25) is 11.8 Å². The second-order valence-corrected chi connectivity index (χ2v) is 8.69. The first-order chi connectivity index (χ1) is 16.5. The molecule has 0 heterocycles. The first-order valence-corrected chi connectivity index (χ1v) is 11.5. The molecule has 0 aromatic heterocycles. The Morgan fingerprint density at radius 1 is 0.912 bits per heavy atom. The third kappa shape index (κ3) is 5.28. The summed E-state index contributed by atoms with van der Waals surface area (Å²) in [7, 11) is 1.59. The molecule has 3 aromatic rings. The number of hydrogen-bond donors (Lipinski definition) is 1. The molecule has 1 aliphatic rings. The van der Waals surface area contributed by atoms with Crippen LogP contribution in [0.5, 0.6) is 5.75 Å². The average molecular weight is 461 g/mol. The molecule has 0 unspecified atom stereocenters. The molecule has 0 saturated heterocycles. The van der Waals surface area contributed by atoms with Crippen LogP contribution in [0, 0.1) is 5.82 Å². The topological polar surface area (TPSA) is 58.6 Å². The molecular formula is C28H29FN2O3. The summed E-state index contributed by atoms with van der Waals surface area (Å²) in [4.78, 5) is 29.1. The van der Waals surface area contributed by atoms with Gasteiger partial charge in [0, 0.05) is 12.2 Å². The second kappa shape index (κ2) is 10.5. The zero-order valence-electron chi connectivity index (χ0n) is 19.3. The van der Waals surface area contributed by atoms with Gasteiger partial charge in [-0.05, 0) is 60.4 Å². The Morgan fingerprint density at radius 2 is 1.56 bits per heavy atom. The lowest BCUT2D eigenvalue weighted by Crippen LogP contribution is -2.57. The first kappa shape index (κ1) is 23.5. The first-order valence-electron chi connectivity index (χ1n) is 11.5. The molecule has 0 aliphatic heterocycles. The molecule has 3 aromatic carbocycles. The maximum atomic E-state index is 13.7. The molecule has 6 heteroatoms. The quantitative estimate of drug-likeness (QED) is 0.493. The van der Waals surface area contributed by atoms with Crippen molar-refractivity contribution < 1.29 is 18.7 Å². The standard InChI is InChI=1S/C28H29FN2O3/c1-34-25-15-13-24(14-16-25)30-27(33)28(17-5-6-18-28)31(20-22-9-11-23(29)12-10-22)26(32)19-21-7-3-2-4-8-21/h2-4,7-16H,5-6,17-20H2,1H3,(H,30,33). The number of anilines is 1. The van der Waals surface area contributed by atoms with E-state index in [-0.39, 0.29) is 30.6 Å². The molecule has 0 radical (unpaired) electrons. The van der Waals surface area contributed by atoms with Crippen molar-refractivity contribution in [1.82, 2.24) is 4.90 Å². The molecule has 1 aliphatic carbocycles. The maximum Gasteiger partial charge on any atom is 0.250 e. The summed E-state index contributed by atoms with van der Waals surface area (Å²) in [6.07, 6.45) is 3.07. The normalized spacial score (nSPS) is 14.4. The van der Waals surface area contributed by atoms with Crippen molar-refractivity contribution in [3.05, 3.63) is 95.8 Å². The Kier molecular flexibility index (Phi) is 7.26. The molecule has 1 N–H and O–H groups in total. The number of hydrogen-bond acceptors (Lipinski definition) is 3. The number of nitrogens with one attached hydrogen (secondary N) is 1. The van der Waals surface area contributed by atoms with E-state index in [9.17, 15) is 14.0 Å². The molecule has 176 valence electrons. The van der Waals surface area contributed by atoms with Gasteiger partial charge in [0.15, 0.2) is 0 Å². The van der Waals surface area contributed by atoms with Crippen LogP contribution in [-0.4, -0.2) is 29.4 Å². The summed E-state index contributed by atoms with van der Waals surface area (Å²) in [5.74, 6) is 0.0456. The van der Waals surface area contributed by atoms with Gasteiger partial charge in [-0.1, -0.05) is 55.3 Å². The van der Waals surface area contributed by atoms with E-state index in [4.69, 9.17) is 4.74 Å². The Bertz CT molecular complexity index is 1110. The van der Waals surface area contributed by atoms with Gasteiger partial charge in [-0.2, -0.15) is 0 Å². The number of rotatable bonds is 8. The number of methoxy groups -OCH3 is 1. The fourth-order valence-corrected chi connectivity index (χ4v) is 4.62. The Balaban J connectivity index is 1.65. The van der Waals surface area contributed by atoms with Gasteiger partial charge in [-0.25, -0.2) is 4.39 Å². The monoisotopic (exact) mass is 460 g/mol. The van der Waals surface area contributed by atoms with Crippen molar-refractivity contribution in [2.45, 2.75) is 44.2 Å². The Hall–Kier alpha value is -3.67. The van der Waals surface area contributed by atoms with Crippen molar-refractivity contribution in [3.63, 3.8) is 0 Å². The summed E-state index contributed by atoms with van der Waals surface area (Å²) < 4.78 is 18.7. The largest absolute Gasteiger partial charge is 0.497 e. The highest BCUT2D eigenvalue weighted by atomic mass is 19.1. The van der Waals surface area contributed by atoms with Crippen LogP contribution in [0.3, 0.4) is 0 Å². The number of carbonyl (C=O) groups is 2. The number of halogens is 1. The average Bonchev–Trinajstić information content (AvgIpc) is 3.36. The van der Waals surface area contributed by atoms with E-state index in [1.807, 2.05) is 30.3 Å². The van der Waals surface area contributed by atoms with Crippen molar-refractivity contribution >= 4 is 17.5 Å². The van der Waals surface area contributed by atoms with Crippen LogP contribution in [0.25, 0.3) is 0 Å². The Labute approximate surface area is 199 Å². The molecule has 0 atom stereocenters. The Morgan fingerprint density at radius 3 is 2.18 bits per heavy atom. The molecule has 0 bridgehead atoms. The van der Waals surface area contributed by atoms with Crippen molar-refractivity contribution in [3.8, 4) is 5.75 Å². The van der Waals surface area contributed by atoms with Gasteiger partial charge < -0.3 is 15.0 Å². The van der Waals surface area contributed by atoms with Crippen LogP contribution < -0.4 is 10.1 Å². The molecule has 2 amide bonds. The van der Waals surface area contributed by atoms with Crippen molar-refractivity contribution in [2.75, 3.05) is 12.4 Å². The zero-order chi connectivity index (χ0) is 24.0. The fraction of sp³-hybridized carbons (Fsp3) is 0.286. The molecular weight excluding hydrogens is 431 g/mol. The van der Waals surface area contributed by atoms with Crippen LogP contribution >= 0.6 is 0 Å². The van der Waals surface area contributed by atoms with Crippen LogP contribution in [0.1, 0.15) is 36.8 Å². The predicted molar refractivity (Wildman–Crippen MR) is 130 cm³/mol. The molecule has 0 spiro atoms. The van der Waals surface area contributed by atoms with E-state index >= 15 is 0 Å². The molecule has 1 fully saturated rings. The second-order valence-electron chi connectivity index (χ2n) is 8.69. The van der Waals surface area contributed by atoms with E-state index < -0.39 is 5.54 Å². The lowest BCUT2D eigenvalue weighted by molar-refractivity contribution is -0.145. The SMILES string of the molecule is COc1ccc(NC(=O)C2(N(Cc3ccc(F)cc3)C(=O)Cc3ccccc3)CCCC2)cc1. The number of amides is 2. The number of nitrogens with zero attached hydrogens (tertiary/aromatic N) is 1. The minimum atomic E-state index is -0.972. The summed E-state index contributed by atoms with van der Waals surface area (Å²) in [6.45, 7) is 0.238. The number of carbonyl (C=O) groups excluding carboxylic acids is 2. The fourth-order valence-electron chi connectivity index (χ4n) is 4.62.